The van der Waals surface area contributed by atoms with Gasteiger partial charge < -0.3 is 15.4 Å². The first-order valence-electron chi connectivity index (χ1n) is 8.02. The van der Waals surface area contributed by atoms with E-state index in [0.717, 1.165) is 34.7 Å². The monoisotopic (exact) mass is 328 g/mol. The quantitative estimate of drug-likeness (QED) is 0.883. The van der Waals surface area contributed by atoms with E-state index in [1.807, 2.05) is 24.3 Å². The summed E-state index contributed by atoms with van der Waals surface area (Å²) in [5.74, 6) is 1.51. The van der Waals surface area contributed by atoms with Gasteiger partial charge >= 0.3 is 0 Å². The molecule has 1 amide bonds. The molecule has 4 rings (SSSR count). The number of rotatable bonds is 2. The van der Waals surface area contributed by atoms with Crippen LogP contribution in [0.2, 0.25) is 0 Å². The molecule has 2 aromatic rings. The lowest BCUT2D eigenvalue weighted by Crippen LogP contribution is -2.38. The normalized spacial score (nSPS) is 22.6. The highest BCUT2D eigenvalue weighted by atomic mass is 32.1. The second kappa shape index (κ2) is 5.57. The third-order valence-electron chi connectivity index (χ3n) is 4.74. The highest BCUT2D eigenvalue weighted by Gasteiger charge is 2.33. The van der Waals surface area contributed by atoms with Gasteiger partial charge in [0.05, 0.1) is 12.7 Å². The Labute approximate surface area is 139 Å². The van der Waals surface area contributed by atoms with Gasteiger partial charge in [0.25, 0.3) is 5.91 Å². The van der Waals surface area contributed by atoms with Gasteiger partial charge in [0.2, 0.25) is 0 Å². The minimum atomic E-state index is -0.247. The Morgan fingerprint density at radius 2 is 2.09 bits per heavy atom. The minimum absolute atomic E-state index is 0.0294. The molecule has 2 atom stereocenters. The van der Waals surface area contributed by atoms with Crippen LogP contribution in [0.25, 0.3) is 0 Å². The van der Waals surface area contributed by atoms with E-state index in [1.165, 1.54) is 16.9 Å². The van der Waals surface area contributed by atoms with E-state index in [9.17, 15) is 4.79 Å². The second-order valence-electron chi connectivity index (χ2n) is 6.35. The van der Waals surface area contributed by atoms with E-state index >= 15 is 0 Å². The largest absolute Gasteiger partial charge is 0.496 e. The Hall–Kier alpha value is -2.01. The van der Waals surface area contributed by atoms with Crippen LogP contribution in [0.4, 0.5) is 5.00 Å². The molecular weight excluding hydrogens is 308 g/mol. The van der Waals surface area contributed by atoms with Crippen LogP contribution in [-0.2, 0) is 12.8 Å². The van der Waals surface area contributed by atoms with E-state index in [4.69, 9.17) is 4.74 Å². The first-order valence-corrected chi connectivity index (χ1v) is 8.84. The molecule has 5 heteroatoms. The molecule has 0 saturated heterocycles. The van der Waals surface area contributed by atoms with Crippen molar-refractivity contribution >= 4 is 22.2 Å². The average molecular weight is 328 g/mol. The summed E-state index contributed by atoms with van der Waals surface area (Å²) in [4.78, 5) is 14.1. The van der Waals surface area contributed by atoms with Crippen LogP contribution in [0, 0.1) is 5.92 Å². The fourth-order valence-electron chi connectivity index (χ4n) is 3.52. The van der Waals surface area contributed by atoms with Gasteiger partial charge in [-0.15, -0.1) is 11.3 Å². The summed E-state index contributed by atoms with van der Waals surface area (Å²) in [7, 11) is 1.65. The first kappa shape index (κ1) is 14.6. The van der Waals surface area contributed by atoms with Crippen molar-refractivity contribution in [1.29, 1.82) is 0 Å². The maximum Gasteiger partial charge on any atom is 0.256 e. The zero-order valence-corrected chi connectivity index (χ0v) is 14.1. The molecule has 0 bridgehead atoms. The van der Waals surface area contributed by atoms with Gasteiger partial charge in [-0.25, -0.2) is 0 Å². The fourth-order valence-corrected chi connectivity index (χ4v) is 4.96. The van der Waals surface area contributed by atoms with Crippen molar-refractivity contribution in [3.63, 3.8) is 0 Å². The molecule has 120 valence electrons. The molecule has 0 spiro atoms. The van der Waals surface area contributed by atoms with Crippen LogP contribution in [0.15, 0.2) is 24.3 Å². The topological polar surface area (TPSA) is 50.4 Å². The number of fused-ring (bicyclic) bond motifs is 3. The minimum Gasteiger partial charge on any atom is -0.496 e. The first-order chi connectivity index (χ1) is 11.2. The predicted molar refractivity (Wildman–Crippen MR) is 92.3 cm³/mol. The van der Waals surface area contributed by atoms with Crippen LogP contribution in [0.1, 0.15) is 45.9 Å². The zero-order chi connectivity index (χ0) is 16.0. The Morgan fingerprint density at radius 3 is 2.91 bits per heavy atom. The van der Waals surface area contributed by atoms with Crippen LogP contribution in [0.5, 0.6) is 5.75 Å². The lowest BCUT2D eigenvalue weighted by Gasteiger charge is -2.28. The summed E-state index contributed by atoms with van der Waals surface area (Å²) in [6, 6.07) is 7.79. The van der Waals surface area contributed by atoms with Gasteiger partial charge in [-0.3, -0.25) is 4.79 Å². The van der Waals surface area contributed by atoms with E-state index in [2.05, 4.69) is 17.6 Å². The Kier molecular flexibility index (Phi) is 3.53. The molecule has 2 heterocycles. The van der Waals surface area contributed by atoms with E-state index in [1.54, 1.807) is 18.4 Å². The number of hydrogen-bond acceptors (Lipinski definition) is 4. The molecule has 2 N–H and O–H groups in total. The lowest BCUT2D eigenvalue weighted by atomic mass is 9.88. The van der Waals surface area contributed by atoms with Crippen molar-refractivity contribution in [1.82, 2.24) is 5.32 Å². The summed E-state index contributed by atoms with van der Waals surface area (Å²) in [5.41, 5.74) is 3.07. The van der Waals surface area contributed by atoms with Crippen molar-refractivity contribution in [3.8, 4) is 5.75 Å². The van der Waals surface area contributed by atoms with Crippen molar-refractivity contribution in [2.75, 3.05) is 12.4 Å². The number of carbonyl (C=O) groups is 1. The molecule has 0 unspecified atom stereocenters. The van der Waals surface area contributed by atoms with Gasteiger partial charge in [-0.05, 0) is 36.8 Å². The summed E-state index contributed by atoms with van der Waals surface area (Å²) in [5, 5.41) is 7.59. The number of carbonyl (C=O) groups excluding carboxylic acids is 1. The Morgan fingerprint density at radius 1 is 1.26 bits per heavy atom. The Balaban J connectivity index is 1.72. The SMILES string of the molecule is COc1ccccc1[C@@H]1NC(=O)c2c(sc3c2CC[C@@H](C)C3)N1. The maximum atomic E-state index is 12.7. The number of methoxy groups -OCH3 is 1. The van der Waals surface area contributed by atoms with Crippen LogP contribution in [-0.4, -0.2) is 13.0 Å². The van der Waals surface area contributed by atoms with Gasteiger partial charge in [-0.1, -0.05) is 25.1 Å². The number of benzene rings is 1. The number of anilines is 1. The molecular formula is C18H20N2O2S. The maximum absolute atomic E-state index is 12.7. The summed E-state index contributed by atoms with van der Waals surface area (Å²) >= 11 is 1.74. The average Bonchev–Trinajstić information content (AvgIpc) is 2.92. The molecule has 1 aliphatic heterocycles. The van der Waals surface area contributed by atoms with Crippen molar-refractivity contribution in [2.24, 2.45) is 5.92 Å². The summed E-state index contributed by atoms with van der Waals surface area (Å²) in [6.07, 6.45) is 3.01. The van der Waals surface area contributed by atoms with Crippen molar-refractivity contribution in [2.45, 2.75) is 32.4 Å². The lowest BCUT2D eigenvalue weighted by molar-refractivity contribution is 0.0934. The number of nitrogens with one attached hydrogen (secondary N) is 2. The van der Waals surface area contributed by atoms with Gasteiger partial charge in [0.15, 0.2) is 0 Å². The number of thiophene rings is 1. The molecule has 23 heavy (non-hydrogen) atoms. The van der Waals surface area contributed by atoms with Gasteiger partial charge in [0, 0.05) is 10.4 Å². The van der Waals surface area contributed by atoms with Gasteiger partial charge in [0.1, 0.15) is 16.9 Å². The summed E-state index contributed by atoms with van der Waals surface area (Å²) in [6.45, 7) is 2.28. The van der Waals surface area contributed by atoms with Crippen LogP contribution in [0.3, 0.4) is 0 Å². The fraction of sp³-hybridized carbons (Fsp3) is 0.389. The molecule has 1 aromatic heterocycles. The second-order valence-corrected chi connectivity index (χ2v) is 7.45. The zero-order valence-electron chi connectivity index (χ0n) is 13.3. The predicted octanol–water partition coefficient (Wildman–Crippen LogP) is 3.74. The van der Waals surface area contributed by atoms with Crippen LogP contribution >= 0.6 is 11.3 Å². The van der Waals surface area contributed by atoms with E-state index in [-0.39, 0.29) is 12.1 Å². The third kappa shape index (κ3) is 2.39. The number of ether oxygens (including phenoxy) is 1. The van der Waals surface area contributed by atoms with Gasteiger partial charge in [-0.2, -0.15) is 0 Å². The molecule has 1 aliphatic carbocycles. The molecule has 4 nitrogen and oxygen atoms in total. The third-order valence-corrected chi connectivity index (χ3v) is 5.93. The van der Waals surface area contributed by atoms with E-state index < -0.39 is 0 Å². The van der Waals surface area contributed by atoms with Crippen molar-refractivity contribution in [3.05, 3.63) is 45.8 Å². The molecule has 0 fully saturated rings. The van der Waals surface area contributed by atoms with Crippen LogP contribution < -0.4 is 15.4 Å². The highest BCUT2D eigenvalue weighted by Crippen LogP contribution is 2.43. The van der Waals surface area contributed by atoms with E-state index in [0.29, 0.717) is 5.92 Å². The number of amides is 1. The Bertz CT molecular complexity index is 768. The highest BCUT2D eigenvalue weighted by molar-refractivity contribution is 7.16. The summed E-state index contributed by atoms with van der Waals surface area (Å²) < 4.78 is 5.43. The van der Waals surface area contributed by atoms with Crippen molar-refractivity contribution < 1.29 is 9.53 Å². The molecule has 0 saturated carbocycles. The molecule has 2 aliphatic rings. The standard InChI is InChI=1S/C18H20N2O2S/c1-10-7-8-12-14(9-10)23-18-15(12)17(21)19-16(20-18)11-5-3-4-6-13(11)22-2/h3-6,10,16,20H,7-9H2,1-2H3,(H,19,21)/t10-,16-/m1/s1. The number of para-hydroxylation sites is 1. The smallest absolute Gasteiger partial charge is 0.256 e. The number of hydrogen-bond donors (Lipinski definition) is 2. The molecule has 1 aromatic carbocycles. The molecule has 0 radical (unpaired) electrons.